The molecular formula is C30H46O5. The summed E-state index contributed by atoms with van der Waals surface area (Å²) in [5.41, 5.74) is -1.67. The van der Waals surface area contributed by atoms with E-state index in [1.807, 2.05) is 13.8 Å². The van der Waals surface area contributed by atoms with Crippen LogP contribution in [-0.2, 0) is 9.53 Å². The molecule has 2 aliphatic heterocycles. The molecule has 2 saturated heterocycles. The Labute approximate surface area is 210 Å². The fraction of sp³-hybridized carbons (Fsp3) is 0.900. The summed E-state index contributed by atoms with van der Waals surface area (Å²) in [6.45, 7) is 15.4. The molecule has 2 heterocycles. The van der Waals surface area contributed by atoms with Crippen LogP contribution < -0.4 is 0 Å². The first kappa shape index (κ1) is 24.4. The molecule has 5 heteroatoms. The van der Waals surface area contributed by atoms with E-state index in [9.17, 15) is 20.1 Å². The van der Waals surface area contributed by atoms with Crippen molar-refractivity contribution in [1.29, 1.82) is 0 Å². The van der Waals surface area contributed by atoms with E-state index in [1.165, 1.54) is 0 Å². The Balaban J connectivity index is 1.54. The van der Waals surface area contributed by atoms with Crippen molar-refractivity contribution in [2.24, 2.45) is 38.9 Å². The van der Waals surface area contributed by atoms with Crippen molar-refractivity contribution in [2.45, 2.75) is 130 Å². The summed E-state index contributed by atoms with van der Waals surface area (Å²) >= 11 is 0. The summed E-state index contributed by atoms with van der Waals surface area (Å²) in [5.74, 6) is 0.548. The first-order valence-corrected chi connectivity index (χ1v) is 14.1. The van der Waals surface area contributed by atoms with Crippen molar-refractivity contribution < 1.29 is 24.9 Å². The first-order valence-electron chi connectivity index (χ1n) is 14.1. The van der Waals surface area contributed by atoms with Crippen LogP contribution in [0.1, 0.15) is 106 Å². The van der Waals surface area contributed by atoms with E-state index in [0.29, 0.717) is 37.5 Å². The minimum Gasteiger partial charge on any atom is -0.455 e. The van der Waals surface area contributed by atoms with Gasteiger partial charge in [-0.25, -0.2) is 0 Å². The fourth-order valence-corrected chi connectivity index (χ4v) is 11.2. The highest BCUT2D eigenvalue weighted by molar-refractivity contribution is 5.86. The van der Waals surface area contributed by atoms with Gasteiger partial charge in [0.15, 0.2) is 0 Å². The molecule has 6 fully saturated rings. The molecule has 5 aliphatic carbocycles. The Hall–Kier alpha value is -0.910. The second kappa shape index (κ2) is 6.56. The number of aliphatic hydroxyl groups is 3. The molecule has 0 amide bonds. The van der Waals surface area contributed by atoms with E-state index >= 15 is 0 Å². The zero-order valence-corrected chi connectivity index (χ0v) is 22.8. The van der Waals surface area contributed by atoms with Gasteiger partial charge in [0.25, 0.3) is 0 Å². The Bertz CT molecular complexity index is 1030. The maximum absolute atomic E-state index is 13.4. The molecule has 7 rings (SSSR count). The zero-order chi connectivity index (χ0) is 25.6. The summed E-state index contributed by atoms with van der Waals surface area (Å²) in [4.78, 5) is 13.4. The van der Waals surface area contributed by atoms with Crippen LogP contribution in [0.2, 0.25) is 0 Å². The Morgan fingerprint density at radius 1 is 0.829 bits per heavy atom. The van der Waals surface area contributed by atoms with Crippen molar-refractivity contribution in [3.63, 3.8) is 0 Å². The minimum absolute atomic E-state index is 0.0443. The number of carbonyl (C=O) groups excluding carboxylic acids is 1. The topological polar surface area (TPSA) is 87.0 Å². The molecule has 10 atom stereocenters. The molecule has 7 aliphatic rings. The van der Waals surface area contributed by atoms with E-state index in [2.05, 4.69) is 34.6 Å². The second-order valence-corrected chi connectivity index (χ2v) is 15.1. The summed E-state index contributed by atoms with van der Waals surface area (Å²) in [6, 6.07) is 0. The van der Waals surface area contributed by atoms with Crippen LogP contribution in [0, 0.1) is 38.9 Å². The number of esters is 1. The Morgan fingerprint density at radius 3 is 2.14 bits per heavy atom. The predicted octanol–water partition coefficient (Wildman–Crippen LogP) is 4.91. The summed E-state index contributed by atoms with van der Waals surface area (Å²) < 4.78 is 5.92. The van der Waals surface area contributed by atoms with Crippen LogP contribution in [0.4, 0.5) is 0 Å². The van der Waals surface area contributed by atoms with Crippen LogP contribution in [0.5, 0.6) is 0 Å². The molecule has 0 aromatic rings. The standard InChI is InChI=1S/C30H46O5/c1-24(2)18-8-11-26(4)19(25(18,3)10-9-20(24)32)16-17(31)21-22-29(7,34)28(6)13-15-30(22,23(33)35-28)14-12-27(21,26)5/h17-20,31-32,34H,8-16H2,1-7H3/t17-,18+,19-,20+,25+,26-,27-,28+,29+,30-/m1/s1. The van der Waals surface area contributed by atoms with Crippen LogP contribution in [0.3, 0.4) is 0 Å². The molecular weight excluding hydrogens is 440 g/mol. The van der Waals surface area contributed by atoms with Crippen molar-refractivity contribution in [3.8, 4) is 0 Å². The maximum atomic E-state index is 13.4. The number of carbonyl (C=O) groups is 1. The van der Waals surface area contributed by atoms with Crippen molar-refractivity contribution in [2.75, 3.05) is 0 Å². The Morgan fingerprint density at radius 2 is 1.49 bits per heavy atom. The molecule has 1 spiro atoms. The molecule has 35 heavy (non-hydrogen) atoms. The highest BCUT2D eigenvalue weighted by atomic mass is 16.6. The first-order chi connectivity index (χ1) is 16.0. The zero-order valence-electron chi connectivity index (χ0n) is 22.8. The lowest BCUT2D eigenvalue weighted by Gasteiger charge is -2.72. The van der Waals surface area contributed by atoms with Gasteiger partial charge in [0, 0.05) is 0 Å². The van der Waals surface area contributed by atoms with Gasteiger partial charge in [0.05, 0.1) is 17.6 Å². The van der Waals surface area contributed by atoms with E-state index < -0.39 is 22.7 Å². The lowest BCUT2D eigenvalue weighted by Crippen LogP contribution is -2.72. The van der Waals surface area contributed by atoms with Crippen molar-refractivity contribution >= 4 is 5.97 Å². The third-order valence-corrected chi connectivity index (χ3v) is 13.7. The minimum atomic E-state index is -1.28. The monoisotopic (exact) mass is 486 g/mol. The molecule has 0 radical (unpaired) electrons. The average Bonchev–Trinajstić information content (AvgIpc) is 2.75. The molecule has 196 valence electrons. The third-order valence-electron chi connectivity index (χ3n) is 13.7. The molecule has 2 bridgehead atoms. The molecule has 3 N–H and O–H groups in total. The van der Waals surface area contributed by atoms with Gasteiger partial charge in [-0.1, -0.05) is 34.6 Å². The van der Waals surface area contributed by atoms with Gasteiger partial charge in [-0.3, -0.25) is 4.79 Å². The van der Waals surface area contributed by atoms with Crippen molar-refractivity contribution in [1.82, 2.24) is 0 Å². The number of ether oxygens (including phenoxy) is 1. The van der Waals surface area contributed by atoms with Gasteiger partial charge in [0.1, 0.15) is 11.2 Å². The van der Waals surface area contributed by atoms with Gasteiger partial charge in [-0.2, -0.15) is 0 Å². The van der Waals surface area contributed by atoms with Crippen molar-refractivity contribution in [3.05, 3.63) is 11.1 Å². The SMILES string of the molecule is CC1(C)[C@@H](O)CC[C@]2(C)[C@H]3C[C@@H](O)C4=C5[C@]6(CC[C@](C)(OC6=O)[C@@]5(C)O)CC[C@@]4(C)[C@]3(C)CC[C@@H]12. The van der Waals surface area contributed by atoms with Gasteiger partial charge >= 0.3 is 5.97 Å². The largest absolute Gasteiger partial charge is 0.455 e. The van der Waals surface area contributed by atoms with Gasteiger partial charge < -0.3 is 20.1 Å². The maximum Gasteiger partial charge on any atom is 0.317 e. The number of aliphatic hydroxyl groups excluding tert-OH is 2. The second-order valence-electron chi connectivity index (χ2n) is 15.1. The highest BCUT2D eigenvalue weighted by Crippen LogP contribution is 2.76. The number of rotatable bonds is 0. The average molecular weight is 487 g/mol. The van der Waals surface area contributed by atoms with E-state index in [-0.39, 0.29) is 33.7 Å². The normalized spacial score (nSPS) is 58.6. The number of hydrogen-bond acceptors (Lipinski definition) is 5. The molecule has 0 aromatic carbocycles. The quantitative estimate of drug-likeness (QED) is 0.334. The highest BCUT2D eigenvalue weighted by Gasteiger charge is 2.75. The van der Waals surface area contributed by atoms with E-state index in [4.69, 9.17) is 4.74 Å². The molecule has 5 nitrogen and oxygen atoms in total. The molecule has 0 aromatic heterocycles. The van der Waals surface area contributed by atoms with Crippen LogP contribution in [-0.4, -0.2) is 44.7 Å². The lowest BCUT2D eigenvalue weighted by molar-refractivity contribution is -0.245. The number of fused-ring (bicyclic) bond motifs is 7. The Kier molecular flexibility index (Phi) is 4.58. The molecule has 4 saturated carbocycles. The summed E-state index contributed by atoms with van der Waals surface area (Å²) in [7, 11) is 0. The van der Waals surface area contributed by atoms with Crippen LogP contribution in [0.25, 0.3) is 0 Å². The van der Waals surface area contributed by atoms with Gasteiger partial charge in [0.2, 0.25) is 0 Å². The van der Waals surface area contributed by atoms with Crippen LogP contribution in [0.15, 0.2) is 11.1 Å². The molecule has 0 unspecified atom stereocenters. The van der Waals surface area contributed by atoms with Gasteiger partial charge in [-0.15, -0.1) is 0 Å². The van der Waals surface area contributed by atoms with E-state index in [1.54, 1.807) is 0 Å². The predicted molar refractivity (Wildman–Crippen MR) is 133 cm³/mol. The van der Waals surface area contributed by atoms with E-state index in [0.717, 1.165) is 43.3 Å². The third kappa shape index (κ3) is 2.46. The summed E-state index contributed by atoms with van der Waals surface area (Å²) in [5, 5.41) is 35.0. The lowest BCUT2D eigenvalue weighted by atomic mass is 9.33. The van der Waals surface area contributed by atoms with Gasteiger partial charge in [-0.05, 0) is 116 Å². The summed E-state index contributed by atoms with van der Waals surface area (Å²) in [6.07, 6.45) is 6.53. The fourth-order valence-electron chi connectivity index (χ4n) is 11.2. The smallest absolute Gasteiger partial charge is 0.317 e. The van der Waals surface area contributed by atoms with Crippen LogP contribution >= 0.6 is 0 Å². The number of hydrogen-bond donors (Lipinski definition) is 3.